The van der Waals surface area contributed by atoms with E-state index in [0.29, 0.717) is 38.1 Å². The van der Waals surface area contributed by atoms with Crippen LogP contribution in [-0.2, 0) is 17.9 Å². The fraction of sp³-hybridized carbons (Fsp3) is 0.320. The normalized spacial score (nSPS) is 11.5. The number of nitrogens with zero attached hydrogens (tertiary/aromatic N) is 4. The van der Waals surface area contributed by atoms with Crippen LogP contribution in [0.15, 0.2) is 52.1 Å². The van der Waals surface area contributed by atoms with Crippen LogP contribution >= 0.6 is 0 Å². The van der Waals surface area contributed by atoms with E-state index in [4.69, 9.17) is 5.11 Å². The zero-order chi connectivity index (χ0) is 24.2. The molecule has 2 aromatic rings. The molecule has 9 heteroatoms. The molecular formula is C25H27N5O4. The third-order valence-corrected chi connectivity index (χ3v) is 5.98. The Kier molecular flexibility index (Phi) is 6.83. The summed E-state index contributed by atoms with van der Waals surface area (Å²) in [5.41, 5.74) is 3.53. The lowest BCUT2D eigenvalue weighted by Gasteiger charge is -2.25. The number of benzene rings is 2. The SMILES string of the molecule is Cc1cc2nc3c(=O)[nH]c(=O)nc-3n(CCN(CCCC(=O)O)Cc3ccccc3)c2cc1C. The summed E-state index contributed by atoms with van der Waals surface area (Å²) >= 11 is 0. The van der Waals surface area contributed by atoms with Crippen LogP contribution in [0.3, 0.4) is 0 Å². The molecular weight excluding hydrogens is 434 g/mol. The number of rotatable bonds is 9. The minimum absolute atomic E-state index is 0.0918. The van der Waals surface area contributed by atoms with E-state index in [0.717, 1.165) is 22.2 Å². The Labute approximate surface area is 196 Å². The number of H-pyrrole nitrogens is 1. The summed E-state index contributed by atoms with van der Waals surface area (Å²) in [5.74, 6) is -0.577. The first-order chi connectivity index (χ1) is 16.3. The highest BCUT2D eigenvalue weighted by atomic mass is 16.4. The zero-order valence-corrected chi connectivity index (χ0v) is 19.2. The molecule has 0 bridgehead atoms. The largest absolute Gasteiger partial charge is 0.481 e. The smallest absolute Gasteiger partial charge is 0.349 e. The van der Waals surface area contributed by atoms with Crippen molar-refractivity contribution >= 4 is 17.0 Å². The van der Waals surface area contributed by atoms with Gasteiger partial charge in [0.15, 0.2) is 11.5 Å². The van der Waals surface area contributed by atoms with Gasteiger partial charge in [0, 0.05) is 26.1 Å². The van der Waals surface area contributed by atoms with Crippen LogP contribution in [0, 0.1) is 13.8 Å². The van der Waals surface area contributed by atoms with Crippen molar-refractivity contribution in [3.05, 3.63) is 80.0 Å². The van der Waals surface area contributed by atoms with Gasteiger partial charge in [-0.05, 0) is 55.6 Å². The van der Waals surface area contributed by atoms with E-state index < -0.39 is 17.2 Å². The predicted molar refractivity (Wildman–Crippen MR) is 129 cm³/mol. The number of carboxylic acid groups (broad SMARTS) is 1. The number of nitrogens with one attached hydrogen (secondary N) is 1. The Balaban J connectivity index is 1.72. The highest BCUT2D eigenvalue weighted by Crippen LogP contribution is 2.24. The zero-order valence-electron chi connectivity index (χ0n) is 19.2. The molecule has 0 unspecified atom stereocenters. The van der Waals surface area contributed by atoms with Crippen molar-refractivity contribution in [3.8, 4) is 11.5 Å². The lowest BCUT2D eigenvalue weighted by atomic mass is 10.1. The minimum Gasteiger partial charge on any atom is -0.481 e. The monoisotopic (exact) mass is 461 g/mol. The topological polar surface area (TPSA) is 121 Å². The molecule has 2 heterocycles. The Bertz CT molecular complexity index is 1410. The first-order valence-corrected chi connectivity index (χ1v) is 11.2. The number of aryl methyl sites for hydroxylation is 2. The van der Waals surface area contributed by atoms with Crippen LogP contribution in [0.25, 0.3) is 22.6 Å². The van der Waals surface area contributed by atoms with Crippen molar-refractivity contribution in [2.24, 2.45) is 0 Å². The van der Waals surface area contributed by atoms with E-state index in [-0.39, 0.29) is 17.9 Å². The number of aromatic nitrogens is 4. The highest BCUT2D eigenvalue weighted by Gasteiger charge is 2.20. The van der Waals surface area contributed by atoms with Gasteiger partial charge >= 0.3 is 11.7 Å². The molecule has 2 aliphatic rings. The van der Waals surface area contributed by atoms with Crippen LogP contribution in [0.4, 0.5) is 0 Å². The maximum atomic E-state index is 12.5. The van der Waals surface area contributed by atoms with E-state index in [9.17, 15) is 14.4 Å². The first kappa shape index (κ1) is 23.3. The van der Waals surface area contributed by atoms with E-state index in [1.807, 2.05) is 60.9 Å². The molecule has 0 spiro atoms. The molecule has 0 saturated carbocycles. The van der Waals surface area contributed by atoms with Gasteiger partial charge in [0.2, 0.25) is 0 Å². The van der Waals surface area contributed by atoms with Gasteiger partial charge in [-0.15, -0.1) is 0 Å². The lowest BCUT2D eigenvalue weighted by Crippen LogP contribution is -2.32. The van der Waals surface area contributed by atoms with Gasteiger partial charge in [0.05, 0.1) is 11.0 Å². The summed E-state index contributed by atoms with van der Waals surface area (Å²) in [5, 5.41) is 9.06. The molecule has 0 aromatic heterocycles. The van der Waals surface area contributed by atoms with E-state index in [1.54, 1.807) is 0 Å². The molecule has 0 fully saturated rings. The summed E-state index contributed by atoms with van der Waals surface area (Å²) < 4.78 is 1.87. The Morgan fingerprint density at radius 1 is 1.06 bits per heavy atom. The highest BCUT2D eigenvalue weighted by molar-refractivity contribution is 5.81. The standard InChI is InChI=1S/C25H27N5O4/c1-16-13-19-20(14-17(16)2)30(23-22(26-19)24(33)28-25(34)27-23)12-11-29(10-6-9-21(31)32)15-18-7-4-3-5-8-18/h3-5,7-8,13-14H,6,9-12,15H2,1-2H3,(H,31,32)(H,28,33,34). The number of fused-ring (bicyclic) bond motifs is 2. The van der Waals surface area contributed by atoms with Gasteiger partial charge in [-0.3, -0.25) is 19.5 Å². The van der Waals surface area contributed by atoms with Crippen molar-refractivity contribution in [2.75, 3.05) is 13.1 Å². The van der Waals surface area contributed by atoms with E-state index in [1.165, 1.54) is 0 Å². The molecule has 0 amide bonds. The summed E-state index contributed by atoms with van der Waals surface area (Å²) in [4.78, 5) is 48.5. The number of aliphatic carboxylic acids is 1. The quantitative estimate of drug-likeness (QED) is 0.368. The maximum Gasteiger partial charge on any atom is 0.349 e. The summed E-state index contributed by atoms with van der Waals surface area (Å²) in [6, 6.07) is 13.9. The van der Waals surface area contributed by atoms with Crippen LogP contribution < -0.4 is 11.2 Å². The molecule has 0 aliphatic carbocycles. The van der Waals surface area contributed by atoms with E-state index in [2.05, 4.69) is 19.9 Å². The molecule has 2 N–H and O–H groups in total. The van der Waals surface area contributed by atoms with Crippen molar-refractivity contribution in [1.29, 1.82) is 0 Å². The van der Waals surface area contributed by atoms with Crippen molar-refractivity contribution in [1.82, 2.24) is 24.4 Å². The number of hydrogen-bond donors (Lipinski definition) is 2. The fourth-order valence-electron chi connectivity index (χ4n) is 4.08. The molecule has 4 rings (SSSR count). The molecule has 2 aliphatic heterocycles. The molecule has 0 saturated heterocycles. The van der Waals surface area contributed by atoms with Crippen molar-refractivity contribution in [2.45, 2.75) is 39.8 Å². The Morgan fingerprint density at radius 2 is 1.79 bits per heavy atom. The van der Waals surface area contributed by atoms with E-state index >= 15 is 0 Å². The number of carboxylic acids is 1. The van der Waals surface area contributed by atoms with Gasteiger partial charge < -0.3 is 9.67 Å². The van der Waals surface area contributed by atoms with Gasteiger partial charge in [0.1, 0.15) is 0 Å². The van der Waals surface area contributed by atoms with Crippen molar-refractivity contribution < 1.29 is 9.90 Å². The van der Waals surface area contributed by atoms with Gasteiger partial charge in [-0.1, -0.05) is 30.3 Å². The van der Waals surface area contributed by atoms with Crippen molar-refractivity contribution in [3.63, 3.8) is 0 Å². The molecule has 0 atom stereocenters. The third kappa shape index (κ3) is 5.20. The molecule has 0 radical (unpaired) electrons. The average molecular weight is 462 g/mol. The number of carbonyl (C=O) groups is 1. The van der Waals surface area contributed by atoms with Gasteiger partial charge in [-0.25, -0.2) is 9.78 Å². The van der Waals surface area contributed by atoms with Crippen LogP contribution in [-0.4, -0.2) is 48.6 Å². The van der Waals surface area contributed by atoms with Crippen LogP contribution in [0.2, 0.25) is 0 Å². The second kappa shape index (κ2) is 9.96. The fourth-order valence-corrected chi connectivity index (χ4v) is 4.08. The van der Waals surface area contributed by atoms with Gasteiger partial charge in [0.25, 0.3) is 5.56 Å². The lowest BCUT2D eigenvalue weighted by molar-refractivity contribution is -0.137. The number of aromatic amines is 1. The van der Waals surface area contributed by atoms with Crippen LogP contribution in [0.5, 0.6) is 0 Å². The molecule has 34 heavy (non-hydrogen) atoms. The minimum atomic E-state index is -0.822. The predicted octanol–water partition coefficient (Wildman–Crippen LogP) is 2.57. The average Bonchev–Trinajstić information content (AvgIpc) is 2.78. The molecule has 9 nitrogen and oxygen atoms in total. The summed E-state index contributed by atoms with van der Waals surface area (Å²) in [7, 11) is 0. The Morgan fingerprint density at radius 3 is 2.53 bits per heavy atom. The summed E-state index contributed by atoms with van der Waals surface area (Å²) in [6.07, 6.45) is 0.611. The van der Waals surface area contributed by atoms with Gasteiger partial charge in [-0.2, -0.15) is 4.98 Å². The molecule has 2 aromatic carbocycles. The Hall–Kier alpha value is -3.85. The maximum absolute atomic E-state index is 12.5. The summed E-state index contributed by atoms with van der Waals surface area (Å²) in [6.45, 7) is 6.26. The second-order valence-corrected chi connectivity index (χ2v) is 8.49. The third-order valence-electron chi connectivity index (χ3n) is 5.98. The molecule has 176 valence electrons. The second-order valence-electron chi connectivity index (χ2n) is 8.49. The number of hydrogen-bond acceptors (Lipinski definition) is 6. The first-order valence-electron chi connectivity index (χ1n) is 11.2. The van der Waals surface area contributed by atoms with Crippen LogP contribution in [0.1, 0.15) is 29.5 Å².